The molecule has 0 bridgehead atoms. The highest BCUT2D eigenvalue weighted by Gasteiger charge is 2.27. The molecule has 0 saturated heterocycles. The predicted octanol–water partition coefficient (Wildman–Crippen LogP) is 4.37. The van der Waals surface area contributed by atoms with Crippen molar-refractivity contribution < 1.29 is 9.13 Å². The van der Waals surface area contributed by atoms with E-state index in [0.717, 1.165) is 53.5 Å². The van der Waals surface area contributed by atoms with E-state index in [4.69, 9.17) is 9.84 Å². The number of fused-ring (bicyclic) bond motifs is 1. The van der Waals surface area contributed by atoms with Gasteiger partial charge in [-0.1, -0.05) is 0 Å². The van der Waals surface area contributed by atoms with E-state index in [0.29, 0.717) is 11.7 Å². The first-order valence-electron chi connectivity index (χ1n) is 12.5. The lowest BCUT2D eigenvalue weighted by Gasteiger charge is -2.29. The number of nitrogens with zero attached hydrogens (tertiary/aromatic N) is 7. The van der Waals surface area contributed by atoms with Crippen LogP contribution in [-0.2, 0) is 14.1 Å². The zero-order valence-corrected chi connectivity index (χ0v) is 21.1. The minimum absolute atomic E-state index is 0.0215. The van der Waals surface area contributed by atoms with Crippen molar-refractivity contribution in [3.63, 3.8) is 0 Å². The molecule has 1 aliphatic carbocycles. The molecule has 4 heterocycles. The zero-order chi connectivity index (χ0) is 26.2. The summed E-state index contributed by atoms with van der Waals surface area (Å²) < 4.78 is 24.6. The summed E-state index contributed by atoms with van der Waals surface area (Å²) in [5.74, 6) is 0.826. The fourth-order valence-corrected chi connectivity index (χ4v) is 4.94. The van der Waals surface area contributed by atoms with Crippen molar-refractivity contribution in [2.45, 2.75) is 37.8 Å². The van der Waals surface area contributed by atoms with Crippen molar-refractivity contribution in [1.29, 1.82) is 0 Å². The van der Waals surface area contributed by atoms with Crippen molar-refractivity contribution in [3.8, 4) is 17.1 Å². The fraction of sp³-hybridized carbons (Fsp3) is 0.296. The molecular weight excluding hydrogens is 487 g/mol. The topological polar surface area (TPSA) is 105 Å². The molecule has 0 aliphatic heterocycles. The van der Waals surface area contributed by atoms with Crippen LogP contribution in [0.25, 0.3) is 22.2 Å². The minimum atomic E-state index is -0.287. The largest absolute Gasteiger partial charge is 0.473 e. The van der Waals surface area contributed by atoms with Crippen molar-refractivity contribution >= 4 is 22.4 Å². The number of nitrogens with one attached hydrogen (secondary N) is 1. The summed E-state index contributed by atoms with van der Waals surface area (Å²) in [5.41, 5.74) is 3.31. The van der Waals surface area contributed by atoms with Crippen LogP contribution in [0.2, 0.25) is 0 Å². The van der Waals surface area contributed by atoms with Gasteiger partial charge < -0.3 is 10.1 Å². The smallest absolute Gasteiger partial charge is 0.266 e. The maximum absolute atomic E-state index is 13.4. The molecule has 1 aromatic carbocycles. The molecule has 1 aliphatic rings. The molecule has 1 N–H and O–H groups in total. The molecule has 5 aromatic rings. The van der Waals surface area contributed by atoms with E-state index < -0.39 is 0 Å². The standard InChI is InChI=1S/C27H27FN8O2/c1-34-16-17(14-30-34)27-22-15-29-24(31-19-5-3-18(28)4-6-19)13-23(22)36(33-27)20-7-9-21(10-8-20)38-25-11-12-26(37)35(2)32-25/h3-6,11-16,20-21H,7-10H2,1-2H3,(H,29,31). The second-order valence-electron chi connectivity index (χ2n) is 9.60. The van der Waals surface area contributed by atoms with E-state index in [1.54, 1.807) is 29.9 Å². The van der Waals surface area contributed by atoms with Crippen molar-refractivity contribution in [2.24, 2.45) is 14.1 Å². The summed E-state index contributed by atoms with van der Waals surface area (Å²) in [6.07, 6.45) is 9.03. The van der Waals surface area contributed by atoms with Crippen LogP contribution in [-0.4, -0.2) is 40.4 Å². The second kappa shape index (κ2) is 9.73. The number of hydrogen-bond donors (Lipinski definition) is 1. The normalized spacial score (nSPS) is 17.6. The first-order valence-corrected chi connectivity index (χ1v) is 12.5. The number of aryl methyl sites for hydroxylation is 2. The molecule has 6 rings (SSSR count). The number of halogens is 1. The van der Waals surface area contributed by atoms with E-state index in [2.05, 4.69) is 25.2 Å². The lowest BCUT2D eigenvalue weighted by Crippen LogP contribution is -2.27. The van der Waals surface area contributed by atoms with E-state index >= 15 is 0 Å². The Morgan fingerprint density at radius 1 is 1.00 bits per heavy atom. The van der Waals surface area contributed by atoms with Gasteiger partial charge >= 0.3 is 0 Å². The summed E-state index contributed by atoms with van der Waals surface area (Å²) in [6.45, 7) is 0. The molecule has 0 unspecified atom stereocenters. The van der Waals surface area contributed by atoms with Crippen LogP contribution >= 0.6 is 0 Å². The molecule has 0 radical (unpaired) electrons. The van der Waals surface area contributed by atoms with Crippen LogP contribution in [0, 0.1) is 5.82 Å². The van der Waals surface area contributed by atoms with Gasteiger partial charge in [-0.15, -0.1) is 5.10 Å². The van der Waals surface area contributed by atoms with Gasteiger partial charge in [-0.3, -0.25) is 14.2 Å². The predicted molar refractivity (Wildman–Crippen MR) is 141 cm³/mol. The molecule has 1 fully saturated rings. The van der Waals surface area contributed by atoms with E-state index in [1.807, 2.05) is 31.7 Å². The summed E-state index contributed by atoms with van der Waals surface area (Å²) in [5, 5.41) is 17.8. The Morgan fingerprint density at radius 3 is 2.50 bits per heavy atom. The third-order valence-electron chi connectivity index (χ3n) is 6.90. The van der Waals surface area contributed by atoms with Gasteiger partial charge in [0.1, 0.15) is 23.4 Å². The van der Waals surface area contributed by atoms with E-state index in [-0.39, 0.29) is 23.5 Å². The van der Waals surface area contributed by atoms with Gasteiger partial charge in [0.2, 0.25) is 5.88 Å². The summed E-state index contributed by atoms with van der Waals surface area (Å²) in [6, 6.07) is 11.4. The molecule has 10 nitrogen and oxygen atoms in total. The quantitative estimate of drug-likeness (QED) is 0.359. The summed E-state index contributed by atoms with van der Waals surface area (Å²) in [4.78, 5) is 16.2. The van der Waals surface area contributed by atoms with Crippen molar-refractivity contribution in [1.82, 2.24) is 34.3 Å². The van der Waals surface area contributed by atoms with Gasteiger partial charge in [-0.25, -0.2) is 14.1 Å². The monoisotopic (exact) mass is 514 g/mol. The highest BCUT2D eigenvalue weighted by molar-refractivity contribution is 5.94. The SMILES string of the molecule is Cn1cc(-c2nn(C3CCC(Oc4ccc(=O)n(C)n4)CC3)c3cc(Nc4ccc(F)cc4)ncc23)cn1. The molecule has 0 spiro atoms. The van der Waals surface area contributed by atoms with Gasteiger partial charge in [0.05, 0.1) is 17.8 Å². The summed E-state index contributed by atoms with van der Waals surface area (Å²) in [7, 11) is 3.50. The van der Waals surface area contributed by atoms with Gasteiger partial charge in [0.15, 0.2) is 0 Å². The second-order valence-corrected chi connectivity index (χ2v) is 9.60. The molecular formula is C27H27FN8O2. The average Bonchev–Trinajstić information content (AvgIpc) is 3.51. The van der Waals surface area contributed by atoms with Crippen LogP contribution in [0.5, 0.6) is 5.88 Å². The van der Waals surface area contributed by atoms with Crippen LogP contribution in [0.3, 0.4) is 0 Å². The number of ether oxygens (including phenoxy) is 1. The zero-order valence-electron chi connectivity index (χ0n) is 21.1. The van der Waals surface area contributed by atoms with Crippen LogP contribution in [0.15, 0.2) is 65.8 Å². The van der Waals surface area contributed by atoms with E-state index in [9.17, 15) is 9.18 Å². The Hall–Kier alpha value is -4.54. The Labute approximate surface area is 217 Å². The third-order valence-corrected chi connectivity index (χ3v) is 6.90. The molecule has 194 valence electrons. The molecule has 0 amide bonds. The lowest BCUT2D eigenvalue weighted by atomic mass is 9.93. The first kappa shape index (κ1) is 23.8. The molecule has 4 aromatic heterocycles. The Morgan fingerprint density at radius 2 is 1.79 bits per heavy atom. The molecule has 0 atom stereocenters. The number of hydrogen-bond acceptors (Lipinski definition) is 7. The van der Waals surface area contributed by atoms with Crippen LogP contribution in [0.4, 0.5) is 15.9 Å². The van der Waals surface area contributed by atoms with Gasteiger partial charge in [-0.2, -0.15) is 10.2 Å². The van der Waals surface area contributed by atoms with Gasteiger partial charge in [0, 0.05) is 61.3 Å². The Balaban J connectivity index is 1.28. The Kier molecular flexibility index (Phi) is 6.10. The molecule has 38 heavy (non-hydrogen) atoms. The number of anilines is 2. The highest BCUT2D eigenvalue weighted by atomic mass is 19.1. The minimum Gasteiger partial charge on any atom is -0.473 e. The number of rotatable bonds is 6. The van der Waals surface area contributed by atoms with Gasteiger partial charge in [0.25, 0.3) is 5.56 Å². The van der Waals surface area contributed by atoms with Crippen molar-refractivity contribution in [2.75, 3.05) is 5.32 Å². The average molecular weight is 515 g/mol. The fourth-order valence-electron chi connectivity index (χ4n) is 4.94. The third kappa shape index (κ3) is 4.74. The van der Waals surface area contributed by atoms with Crippen LogP contribution < -0.4 is 15.6 Å². The summed E-state index contributed by atoms with van der Waals surface area (Å²) >= 11 is 0. The maximum Gasteiger partial charge on any atom is 0.266 e. The van der Waals surface area contributed by atoms with Crippen molar-refractivity contribution in [3.05, 3.63) is 77.2 Å². The number of pyridine rings is 1. The number of benzene rings is 1. The highest BCUT2D eigenvalue weighted by Crippen LogP contribution is 2.36. The Bertz CT molecular complexity index is 1650. The maximum atomic E-state index is 13.4. The van der Waals surface area contributed by atoms with Crippen LogP contribution in [0.1, 0.15) is 31.7 Å². The molecule has 1 saturated carbocycles. The number of aromatic nitrogens is 7. The lowest BCUT2D eigenvalue weighted by molar-refractivity contribution is 0.123. The van der Waals surface area contributed by atoms with Gasteiger partial charge in [-0.05, 0) is 49.9 Å². The first-order chi connectivity index (χ1) is 18.4. The van der Waals surface area contributed by atoms with E-state index in [1.165, 1.54) is 22.9 Å². The molecule has 11 heteroatoms.